The molecule has 0 aliphatic heterocycles. The van der Waals surface area contributed by atoms with Crippen molar-refractivity contribution < 1.29 is 5.21 Å². The number of oxime groups is 1. The van der Waals surface area contributed by atoms with Gasteiger partial charge in [0.05, 0.1) is 5.71 Å². The van der Waals surface area contributed by atoms with Crippen LogP contribution in [0.2, 0.25) is 0 Å². The van der Waals surface area contributed by atoms with Gasteiger partial charge in [-0.2, -0.15) is 0 Å². The molecular formula is C16H18N2O. The third kappa shape index (κ3) is 3.41. The molecule has 1 heterocycles. The van der Waals surface area contributed by atoms with Gasteiger partial charge in [-0.1, -0.05) is 29.4 Å². The van der Waals surface area contributed by atoms with Crippen molar-refractivity contribution in [3.63, 3.8) is 0 Å². The summed E-state index contributed by atoms with van der Waals surface area (Å²) >= 11 is 0. The molecule has 2 rings (SSSR count). The zero-order valence-electron chi connectivity index (χ0n) is 11.3. The molecule has 0 fully saturated rings. The van der Waals surface area contributed by atoms with Gasteiger partial charge in [0, 0.05) is 17.5 Å². The standard InChI is InChI=1S/C16H18N2O/c1-12-5-3-4-6-14(12)7-8-16(18-19)15-9-10-17-13(2)11-15/h3-6,9-11,19H,7-8H2,1-2H3/b18-16+. The number of aromatic nitrogens is 1. The summed E-state index contributed by atoms with van der Waals surface area (Å²) in [6.45, 7) is 4.03. The van der Waals surface area contributed by atoms with E-state index in [4.69, 9.17) is 0 Å². The number of hydrogen-bond acceptors (Lipinski definition) is 3. The molecule has 0 saturated heterocycles. The molecule has 0 spiro atoms. The Balaban J connectivity index is 2.11. The Hall–Kier alpha value is -2.16. The highest BCUT2D eigenvalue weighted by molar-refractivity contribution is 6.00. The predicted octanol–water partition coefficient (Wildman–Crippen LogP) is 3.51. The van der Waals surface area contributed by atoms with Crippen LogP contribution in [-0.4, -0.2) is 15.9 Å². The Morgan fingerprint density at radius 1 is 1.21 bits per heavy atom. The van der Waals surface area contributed by atoms with Gasteiger partial charge in [0.25, 0.3) is 0 Å². The average molecular weight is 254 g/mol. The highest BCUT2D eigenvalue weighted by Gasteiger charge is 2.06. The Kier molecular flexibility index (Phi) is 4.29. The fourth-order valence-electron chi connectivity index (χ4n) is 2.12. The molecule has 1 aromatic heterocycles. The van der Waals surface area contributed by atoms with Gasteiger partial charge in [-0.05, 0) is 49.9 Å². The van der Waals surface area contributed by atoms with E-state index >= 15 is 0 Å². The second-order valence-corrected chi connectivity index (χ2v) is 4.66. The van der Waals surface area contributed by atoms with Crippen molar-refractivity contribution in [2.24, 2.45) is 5.16 Å². The summed E-state index contributed by atoms with van der Waals surface area (Å²) in [5.41, 5.74) is 5.12. The molecule has 2 aromatic rings. The first-order valence-electron chi connectivity index (χ1n) is 6.39. The molecule has 0 atom stereocenters. The van der Waals surface area contributed by atoms with E-state index in [9.17, 15) is 5.21 Å². The number of aryl methyl sites for hydroxylation is 3. The van der Waals surface area contributed by atoms with Gasteiger partial charge < -0.3 is 5.21 Å². The van der Waals surface area contributed by atoms with E-state index in [2.05, 4.69) is 29.2 Å². The third-order valence-electron chi connectivity index (χ3n) is 3.24. The van der Waals surface area contributed by atoms with Crippen molar-refractivity contribution >= 4 is 5.71 Å². The van der Waals surface area contributed by atoms with Crippen molar-refractivity contribution in [3.05, 3.63) is 65.0 Å². The highest BCUT2D eigenvalue weighted by Crippen LogP contribution is 2.13. The van der Waals surface area contributed by atoms with Crippen LogP contribution in [0.5, 0.6) is 0 Å². The molecule has 0 amide bonds. The van der Waals surface area contributed by atoms with Crippen LogP contribution in [0.4, 0.5) is 0 Å². The maximum atomic E-state index is 9.19. The quantitative estimate of drug-likeness (QED) is 0.515. The van der Waals surface area contributed by atoms with Crippen LogP contribution in [0.15, 0.2) is 47.8 Å². The second kappa shape index (κ2) is 6.14. The minimum absolute atomic E-state index is 0.703. The van der Waals surface area contributed by atoms with Crippen molar-refractivity contribution in [2.45, 2.75) is 26.7 Å². The third-order valence-corrected chi connectivity index (χ3v) is 3.24. The van der Waals surface area contributed by atoms with E-state index < -0.39 is 0 Å². The Bertz CT molecular complexity index is 591. The van der Waals surface area contributed by atoms with E-state index in [0.717, 1.165) is 17.7 Å². The smallest absolute Gasteiger partial charge is 0.0872 e. The Morgan fingerprint density at radius 2 is 2.00 bits per heavy atom. The van der Waals surface area contributed by atoms with Crippen LogP contribution in [0.1, 0.15) is 28.8 Å². The average Bonchev–Trinajstić information content (AvgIpc) is 2.41. The summed E-state index contributed by atoms with van der Waals surface area (Å²) in [5, 5.41) is 12.6. The van der Waals surface area contributed by atoms with Crippen molar-refractivity contribution in [2.75, 3.05) is 0 Å². The summed E-state index contributed by atoms with van der Waals surface area (Å²) in [6.07, 6.45) is 3.32. The first kappa shape index (κ1) is 13.3. The first-order valence-corrected chi connectivity index (χ1v) is 6.39. The van der Waals surface area contributed by atoms with Crippen LogP contribution in [-0.2, 0) is 6.42 Å². The lowest BCUT2D eigenvalue weighted by Crippen LogP contribution is -2.04. The van der Waals surface area contributed by atoms with Crippen LogP contribution in [0.3, 0.4) is 0 Å². The molecule has 0 unspecified atom stereocenters. The van der Waals surface area contributed by atoms with Gasteiger partial charge in [-0.25, -0.2) is 0 Å². The monoisotopic (exact) mass is 254 g/mol. The topological polar surface area (TPSA) is 45.5 Å². The lowest BCUT2D eigenvalue weighted by atomic mass is 9.99. The largest absolute Gasteiger partial charge is 0.411 e. The van der Waals surface area contributed by atoms with Crippen LogP contribution in [0, 0.1) is 13.8 Å². The number of pyridine rings is 1. The summed E-state index contributed by atoms with van der Waals surface area (Å²) < 4.78 is 0. The van der Waals surface area contributed by atoms with Gasteiger partial charge in [0.1, 0.15) is 0 Å². The predicted molar refractivity (Wildman–Crippen MR) is 76.8 cm³/mol. The molecule has 0 aliphatic carbocycles. The second-order valence-electron chi connectivity index (χ2n) is 4.66. The Morgan fingerprint density at radius 3 is 2.68 bits per heavy atom. The lowest BCUT2D eigenvalue weighted by Gasteiger charge is -2.07. The zero-order valence-corrected chi connectivity index (χ0v) is 11.3. The fourth-order valence-corrected chi connectivity index (χ4v) is 2.12. The maximum absolute atomic E-state index is 9.19. The number of hydrogen-bond donors (Lipinski definition) is 1. The van der Waals surface area contributed by atoms with Crippen LogP contribution in [0.25, 0.3) is 0 Å². The molecule has 19 heavy (non-hydrogen) atoms. The number of nitrogens with zero attached hydrogens (tertiary/aromatic N) is 2. The molecule has 0 saturated carbocycles. The van der Waals surface area contributed by atoms with E-state index in [1.54, 1.807) is 6.20 Å². The molecule has 0 bridgehead atoms. The molecule has 3 nitrogen and oxygen atoms in total. The van der Waals surface area contributed by atoms with Crippen molar-refractivity contribution in [1.82, 2.24) is 4.98 Å². The zero-order chi connectivity index (χ0) is 13.7. The number of rotatable bonds is 4. The van der Waals surface area contributed by atoms with Gasteiger partial charge in [0.2, 0.25) is 0 Å². The molecule has 1 N–H and O–H groups in total. The fraction of sp³-hybridized carbons (Fsp3) is 0.250. The SMILES string of the molecule is Cc1cc(/C(CCc2ccccc2C)=N/O)ccn1. The molecule has 0 radical (unpaired) electrons. The molecule has 1 aromatic carbocycles. The van der Waals surface area contributed by atoms with Crippen molar-refractivity contribution in [3.8, 4) is 0 Å². The summed E-state index contributed by atoms with van der Waals surface area (Å²) in [6, 6.07) is 12.1. The minimum atomic E-state index is 0.703. The molecule has 98 valence electrons. The Labute approximate surface area is 113 Å². The summed E-state index contributed by atoms with van der Waals surface area (Å²) in [4.78, 5) is 4.15. The van der Waals surface area contributed by atoms with E-state index in [-0.39, 0.29) is 0 Å². The van der Waals surface area contributed by atoms with Crippen LogP contribution >= 0.6 is 0 Å². The minimum Gasteiger partial charge on any atom is -0.411 e. The molecule has 3 heteroatoms. The van der Waals surface area contributed by atoms with Crippen LogP contribution < -0.4 is 0 Å². The molecular weight excluding hydrogens is 236 g/mol. The molecule has 0 aliphatic rings. The first-order chi connectivity index (χ1) is 9.20. The number of benzene rings is 1. The van der Waals surface area contributed by atoms with Gasteiger partial charge in [-0.15, -0.1) is 0 Å². The maximum Gasteiger partial charge on any atom is 0.0872 e. The normalized spacial score (nSPS) is 11.6. The van der Waals surface area contributed by atoms with Gasteiger partial charge in [0.15, 0.2) is 0 Å². The summed E-state index contributed by atoms with van der Waals surface area (Å²) in [5.74, 6) is 0. The van der Waals surface area contributed by atoms with E-state index in [0.29, 0.717) is 12.1 Å². The highest BCUT2D eigenvalue weighted by atomic mass is 16.4. The van der Waals surface area contributed by atoms with E-state index in [1.807, 2.05) is 31.2 Å². The van der Waals surface area contributed by atoms with Gasteiger partial charge >= 0.3 is 0 Å². The van der Waals surface area contributed by atoms with E-state index in [1.165, 1.54) is 11.1 Å². The summed E-state index contributed by atoms with van der Waals surface area (Å²) in [7, 11) is 0. The lowest BCUT2D eigenvalue weighted by molar-refractivity contribution is 0.318. The van der Waals surface area contributed by atoms with Crippen molar-refractivity contribution in [1.29, 1.82) is 0 Å². The van der Waals surface area contributed by atoms with Gasteiger partial charge in [-0.3, -0.25) is 4.98 Å².